The molecule has 1 aliphatic carbocycles. The summed E-state index contributed by atoms with van der Waals surface area (Å²) in [6.07, 6.45) is 2.52. The molecule has 2 aromatic rings. The Labute approximate surface area is 118 Å². The van der Waals surface area contributed by atoms with Crippen LogP contribution in [0.2, 0.25) is 0 Å². The lowest BCUT2D eigenvalue weighted by Crippen LogP contribution is -2.25. The molecule has 1 saturated carbocycles. The van der Waals surface area contributed by atoms with Gasteiger partial charge in [-0.2, -0.15) is 0 Å². The smallest absolute Gasteiger partial charge is 0.248 e. The van der Waals surface area contributed by atoms with E-state index in [1.165, 1.54) is 18.1 Å². The van der Waals surface area contributed by atoms with Gasteiger partial charge in [0.1, 0.15) is 6.33 Å². The number of hydrogen-bond donors (Lipinski definition) is 2. The molecule has 0 bridgehead atoms. The Morgan fingerprint density at radius 2 is 2.10 bits per heavy atom. The van der Waals surface area contributed by atoms with E-state index in [9.17, 15) is 8.78 Å². The van der Waals surface area contributed by atoms with E-state index in [0.717, 1.165) is 5.75 Å². The van der Waals surface area contributed by atoms with Crippen LogP contribution in [-0.2, 0) is 0 Å². The third-order valence-electron chi connectivity index (χ3n) is 3.58. The molecule has 0 amide bonds. The predicted octanol–water partition coefficient (Wildman–Crippen LogP) is 2.85. The third-order valence-corrected chi connectivity index (χ3v) is 4.69. The Kier molecular flexibility index (Phi) is 3.49. The van der Waals surface area contributed by atoms with Gasteiger partial charge in [-0.25, -0.2) is 23.7 Å². The molecule has 0 aliphatic heterocycles. The minimum absolute atomic E-state index is 0.00319. The topological polar surface area (TPSA) is 80.5 Å². The highest BCUT2D eigenvalue weighted by Gasteiger charge is 2.34. The second kappa shape index (κ2) is 5.16. The molecular formula is C12H15F2N5S. The van der Waals surface area contributed by atoms with Crippen LogP contribution >= 0.6 is 11.8 Å². The minimum Gasteiger partial charge on any atom is -0.382 e. The summed E-state index contributed by atoms with van der Waals surface area (Å²) in [7, 11) is 0. The fraction of sp³-hybridized carbons (Fsp3) is 0.583. The summed E-state index contributed by atoms with van der Waals surface area (Å²) in [4.78, 5) is 15.3. The molecule has 1 aliphatic rings. The maximum Gasteiger partial charge on any atom is 0.248 e. The van der Waals surface area contributed by atoms with Crippen LogP contribution in [0.3, 0.4) is 0 Å². The van der Waals surface area contributed by atoms with Gasteiger partial charge in [0.15, 0.2) is 22.1 Å². The zero-order chi connectivity index (χ0) is 14.2. The number of imidazole rings is 1. The van der Waals surface area contributed by atoms with Gasteiger partial charge in [-0.05, 0) is 18.8 Å². The first-order chi connectivity index (χ1) is 9.53. The highest BCUT2D eigenvalue weighted by molar-refractivity contribution is 7.99. The number of hydrogen-bond acceptors (Lipinski definition) is 5. The minimum atomic E-state index is -2.47. The maximum absolute atomic E-state index is 13.1. The quantitative estimate of drug-likeness (QED) is 0.852. The molecule has 5 nitrogen and oxygen atoms in total. The Hall–Kier alpha value is -1.44. The number of nitrogens with one attached hydrogen (secondary N) is 1. The van der Waals surface area contributed by atoms with E-state index in [0.29, 0.717) is 40.9 Å². The molecule has 3 N–H and O–H groups in total. The second-order valence-electron chi connectivity index (χ2n) is 5.11. The van der Waals surface area contributed by atoms with Gasteiger partial charge in [0, 0.05) is 18.6 Å². The number of anilines is 1. The molecule has 2 aromatic heterocycles. The number of thioether (sulfide) groups is 1. The lowest BCUT2D eigenvalue weighted by Gasteiger charge is -2.27. The number of H-pyrrole nitrogens is 1. The highest BCUT2D eigenvalue weighted by Crippen LogP contribution is 2.38. The van der Waals surface area contributed by atoms with Crippen molar-refractivity contribution in [3.05, 3.63) is 6.33 Å². The number of rotatable bonds is 3. The number of fused-ring (bicyclic) bond motifs is 1. The number of halogens is 2. The van der Waals surface area contributed by atoms with E-state index in [1.807, 2.05) is 0 Å². The molecule has 2 heterocycles. The number of nitrogen functional groups attached to an aromatic ring is 1. The van der Waals surface area contributed by atoms with Gasteiger partial charge in [-0.1, -0.05) is 11.8 Å². The molecule has 108 valence electrons. The zero-order valence-electron chi connectivity index (χ0n) is 10.8. The van der Waals surface area contributed by atoms with Crippen LogP contribution in [0, 0.1) is 5.92 Å². The molecule has 1 fully saturated rings. The van der Waals surface area contributed by atoms with Crippen molar-refractivity contribution in [2.24, 2.45) is 5.92 Å². The predicted molar refractivity (Wildman–Crippen MR) is 73.7 cm³/mol. The van der Waals surface area contributed by atoms with Crippen LogP contribution in [0.25, 0.3) is 11.2 Å². The van der Waals surface area contributed by atoms with Crippen molar-refractivity contribution in [3.63, 3.8) is 0 Å². The fourth-order valence-corrected chi connectivity index (χ4v) is 3.41. The van der Waals surface area contributed by atoms with Gasteiger partial charge >= 0.3 is 0 Å². The molecule has 20 heavy (non-hydrogen) atoms. The molecule has 0 atom stereocenters. The lowest BCUT2D eigenvalue weighted by atomic mass is 9.88. The third kappa shape index (κ3) is 2.84. The van der Waals surface area contributed by atoms with Crippen molar-refractivity contribution in [1.82, 2.24) is 19.9 Å². The Morgan fingerprint density at radius 1 is 1.35 bits per heavy atom. The normalized spacial score (nSPS) is 19.5. The summed E-state index contributed by atoms with van der Waals surface area (Å²) in [5, 5.41) is 0.713. The molecular weight excluding hydrogens is 284 g/mol. The van der Waals surface area contributed by atoms with Gasteiger partial charge in [0.25, 0.3) is 0 Å². The van der Waals surface area contributed by atoms with Crippen molar-refractivity contribution in [3.8, 4) is 0 Å². The molecule has 0 spiro atoms. The summed E-state index contributed by atoms with van der Waals surface area (Å²) < 4.78 is 26.1. The van der Waals surface area contributed by atoms with E-state index in [4.69, 9.17) is 5.73 Å². The SMILES string of the molecule is Nc1ncnc2[nH]c(SCC3CCC(F)(F)CC3)nc12. The summed E-state index contributed by atoms with van der Waals surface area (Å²) in [6.45, 7) is 0. The summed E-state index contributed by atoms with van der Waals surface area (Å²) >= 11 is 1.53. The van der Waals surface area contributed by atoms with Gasteiger partial charge in [-0.3, -0.25) is 0 Å². The number of nitrogens with zero attached hydrogens (tertiary/aromatic N) is 3. The molecule has 0 radical (unpaired) electrons. The van der Waals surface area contributed by atoms with E-state index >= 15 is 0 Å². The van der Waals surface area contributed by atoms with Crippen molar-refractivity contribution < 1.29 is 8.78 Å². The fourth-order valence-electron chi connectivity index (χ4n) is 2.36. The number of aromatic amines is 1. The van der Waals surface area contributed by atoms with Crippen LogP contribution in [-0.4, -0.2) is 31.6 Å². The zero-order valence-corrected chi connectivity index (χ0v) is 11.6. The Balaban J connectivity index is 1.62. The van der Waals surface area contributed by atoms with Gasteiger partial charge in [0.05, 0.1) is 0 Å². The maximum atomic E-state index is 13.1. The first kappa shape index (κ1) is 13.5. The first-order valence-electron chi connectivity index (χ1n) is 6.50. The summed E-state index contributed by atoms with van der Waals surface area (Å²) in [5.41, 5.74) is 6.88. The van der Waals surface area contributed by atoms with Gasteiger partial charge in [-0.15, -0.1) is 0 Å². The summed E-state index contributed by atoms with van der Waals surface area (Å²) in [6, 6.07) is 0. The summed E-state index contributed by atoms with van der Waals surface area (Å²) in [5.74, 6) is -1.03. The van der Waals surface area contributed by atoms with E-state index in [1.54, 1.807) is 0 Å². The molecule has 0 aromatic carbocycles. The van der Waals surface area contributed by atoms with Gasteiger partial charge < -0.3 is 10.7 Å². The Bertz CT molecular complexity index is 605. The number of aromatic nitrogens is 4. The van der Waals surface area contributed by atoms with Crippen molar-refractivity contribution in [2.45, 2.75) is 36.8 Å². The van der Waals surface area contributed by atoms with Crippen LogP contribution < -0.4 is 5.73 Å². The molecule has 8 heteroatoms. The highest BCUT2D eigenvalue weighted by atomic mass is 32.2. The average molecular weight is 299 g/mol. The van der Waals surface area contributed by atoms with Gasteiger partial charge in [0.2, 0.25) is 5.92 Å². The van der Waals surface area contributed by atoms with Crippen molar-refractivity contribution >= 4 is 28.7 Å². The number of alkyl halides is 2. The van der Waals surface area contributed by atoms with Crippen molar-refractivity contribution in [1.29, 1.82) is 0 Å². The van der Waals surface area contributed by atoms with E-state index in [-0.39, 0.29) is 12.8 Å². The molecule has 3 rings (SSSR count). The lowest BCUT2D eigenvalue weighted by molar-refractivity contribution is -0.0433. The molecule has 0 saturated heterocycles. The second-order valence-corrected chi connectivity index (χ2v) is 6.12. The van der Waals surface area contributed by atoms with E-state index < -0.39 is 5.92 Å². The largest absolute Gasteiger partial charge is 0.382 e. The van der Waals surface area contributed by atoms with Crippen LogP contribution in [0.5, 0.6) is 0 Å². The first-order valence-corrected chi connectivity index (χ1v) is 7.49. The van der Waals surface area contributed by atoms with Crippen molar-refractivity contribution in [2.75, 3.05) is 11.5 Å². The standard InChI is InChI=1S/C12H15F2N5S/c13-12(14)3-1-7(2-4-12)5-20-11-18-8-9(15)16-6-17-10(8)19-11/h6-7H,1-5H2,(H3,15,16,17,18,19). The van der Waals surface area contributed by atoms with Crippen LogP contribution in [0.15, 0.2) is 11.5 Å². The van der Waals surface area contributed by atoms with E-state index in [2.05, 4.69) is 19.9 Å². The van der Waals surface area contributed by atoms with Crippen LogP contribution in [0.4, 0.5) is 14.6 Å². The average Bonchev–Trinajstić information content (AvgIpc) is 2.82. The number of nitrogens with two attached hydrogens (primary N) is 1. The van der Waals surface area contributed by atoms with Crippen LogP contribution in [0.1, 0.15) is 25.7 Å². The molecule has 0 unspecified atom stereocenters. The Morgan fingerprint density at radius 3 is 2.80 bits per heavy atom. The monoisotopic (exact) mass is 299 g/mol.